The van der Waals surface area contributed by atoms with E-state index in [0.717, 1.165) is 23.5 Å². The highest BCUT2D eigenvalue weighted by molar-refractivity contribution is 7.92. The Kier molecular flexibility index (Phi) is 6.54. The summed E-state index contributed by atoms with van der Waals surface area (Å²) in [6, 6.07) is 12.5. The standard InChI is InChI=1S/C22H19N7O7S/c1-13-10-14(2)27(25-13)21-8-9-22(24-23-21)36-17-6-4-16(5-7-17)26-37(34,35)18-11-19(28(30)31)15(3)20(12-18)29(32)33/h4-12,26H,1-3H3. The first-order valence-electron chi connectivity index (χ1n) is 10.6. The van der Waals surface area contributed by atoms with Gasteiger partial charge in [-0.05, 0) is 57.2 Å². The fourth-order valence-corrected chi connectivity index (χ4v) is 4.56. The number of aromatic nitrogens is 4. The van der Waals surface area contributed by atoms with E-state index in [-0.39, 0.29) is 17.1 Å². The molecule has 0 atom stereocenters. The second kappa shape index (κ2) is 9.62. The topological polar surface area (TPSA) is 185 Å². The number of ether oxygens (including phenoxy) is 1. The number of benzene rings is 2. The maximum absolute atomic E-state index is 12.8. The van der Waals surface area contributed by atoms with E-state index in [9.17, 15) is 28.6 Å². The summed E-state index contributed by atoms with van der Waals surface area (Å²) >= 11 is 0. The van der Waals surface area contributed by atoms with Crippen LogP contribution in [0.25, 0.3) is 5.82 Å². The van der Waals surface area contributed by atoms with Crippen LogP contribution in [0.3, 0.4) is 0 Å². The summed E-state index contributed by atoms with van der Waals surface area (Å²) in [5.74, 6) is 1.04. The zero-order chi connectivity index (χ0) is 26.9. The Labute approximate surface area is 209 Å². The van der Waals surface area contributed by atoms with Crippen molar-refractivity contribution in [1.29, 1.82) is 0 Å². The Morgan fingerprint density at radius 2 is 1.51 bits per heavy atom. The molecule has 0 unspecified atom stereocenters. The zero-order valence-corrected chi connectivity index (χ0v) is 20.5. The van der Waals surface area contributed by atoms with Crippen LogP contribution in [0, 0.1) is 41.0 Å². The predicted octanol–water partition coefficient (Wildman–Crippen LogP) is 4.00. The van der Waals surface area contributed by atoms with Crippen LogP contribution in [-0.4, -0.2) is 38.2 Å². The summed E-state index contributed by atoms with van der Waals surface area (Å²) in [4.78, 5) is 20.2. The average molecular weight is 526 g/mol. The Morgan fingerprint density at radius 1 is 0.892 bits per heavy atom. The monoisotopic (exact) mass is 525 g/mol. The summed E-state index contributed by atoms with van der Waals surface area (Å²) in [7, 11) is -4.38. The quantitative estimate of drug-likeness (QED) is 0.260. The van der Waals surface area contributed by atoms with Crippen LogP contribution in [0.2, 0.25) is 0 Å². The van der Waals surface area contributed by atoms with Crippen LogP contribution < -0.4 is 9.46 Å². The van der Waals surface area contributed by atoms with E-state index >= 15 is 0 Å². The molecule has 0 bridgehead atoms. The molecule has 0 fully saturated rings. The van der Waals surface area contributed by atoms with E-state index in [1.54, 1.807) is 16.8 Å². The van der Waals surface area contributed by atoms with Crippen LogP contribution in [0.15, 0.2) is 59.5 Å². The molecule has 1 N–H and O–H groups in total. The largest absolute Gasteiger partial charge is 0.438 e. The summed E-state index contributed by atoms with van der Waals surface area (Å²) in [5, 5.41) is 35.0. The van der Waals surface area contributed by atoms with Crippen molar-refractivity contribution >= 4 is 27.1 Å². The Bertz CT molecular complexity index is 1580. The third kappa shape index (κ3) is 5.35. The zero-order valence-electron chi connectivity index (χ0n) is 19.6. The number of nitrogens with zero attached hydrogens (tertiary/aromatic N) is 6. The van der Waals surface area contributed by atoms with Crippen molar-refractivity contribution in [3.63, 3.8) is 0 Å². The van der Waals surface area contributed by atoms with Crippen molar-refractivity contribution in [2.75, 3.05) is 4.72 Å². The molecule has 0 aliphatic heterocycles. The third-order valence-electron chi connectivity index (χ3n) is 5.21. The van der Waals surface area contributed by atoms with Crippen molar-refractivity contribution in [2.24, 2.45) is 0 Å². The minimum absolute atomic E-state index is 0.101. The maximum atomic E-state index is 12.8. The minimum atomic E-state index is -4.38. The van der Waals surface area contributed by atoms with Crippen molar-refractivity contribution < 1.29 is 23.0 Å². The van der Waals surface area contributed by atoms with Crippen LogP contribution >= 0.6 is 0 Å². The molecule has 2 heterocycles. The normalized spacial score (nSPS) is 11.2. The molecule has 0 aliphatic rings. The Morgan fingerprint density at radius 3 is 2.00 bits per heavy atom. The molecule has 0 aliphatic carbocycles. The number of rotatable bonds is 8. The van der Waals surface area contributed by atoms with Crippen LogP contribution in [0.1, 0.15) is 17.0 Å². The van der Waals surface area contributed by atoms with Crippen LogP contribution in [0.5, 0.6) is 11.6 Å². The highest BCUT2D eigenvalue weighted by atomic mass is 32.2. The lowest BCUT2D eigenvalue weighted by Crippen LogP contribution is -2.14. The van der Waals surface area contributed by atoms with Gasteiger partial charge >= 0.3 is 0 Å². The Hall–Kier alpha value is -4.92. The fraction of sp³-hybridized carbons (Fsp3) is 0.136. The summed E-state index contributed by atoms with van der Waals surface area (Å²) in [6.07, 6.45) is 0. The third-order valence-corrected chi connectivity index (χ3v) is 6.57. The van der Waals surface area contributed by atoms with E-state index < -0.39 is 36.1 Å². The lowest BCUT2D eigenvalue weighted by molar-refractivity contribution is -0.395. The van der Waals surface area contributed by atoms with Gasteiger partial charge in [-0.25, -0.2) is 13.1 Å². The van der Waals surface area contributed by atoms with Gasteiger partial charge in [-0.1, -0.05) is 0 Å². The molecule has 37 heavy (non-hydrogen) atoms. The van der Waals surface area contributed by atoms with Gasteiger partial charge in [0.2, 0.25) is 5.88 Å². The first-order chi connectivity index (χ1) is 17.4. The number of nitro groups is 2. The molecule has 4 rings (SSSR count). The number of nitrogens with one attached hydrogen (secondary N) is 1. The van der Waals surface area contributed by atoms with Gasteiger partial charge in [-0.2, -0.15) is 5.10 Å². The summed E-state index contributed by atoms with van der Waals surface area (Å²) in [6.45, 7) is 4.94. The van der Waals surface area contributed by atoms with E-state index in [4.69, 9.17) is 4.74 Å². The predicted molar refractivity (Wildman–Crippen MR) is 130 cm³/mol. The van der Waals surface area contributed by atoms with Gasteiger partial charge < -0.3 is 4.74 Å². The van der Waals surface area contributed by atoms with Gasteiger partial charge in [-0.3, -0.25) is 25.0 Å². The molecule has 2 aromatic carbocycles. The van der Waals surface area contributed by atoms with Crippen molar-refractivity contribution in [2.45, 2.75) is 25.7 Å². The van der Waals surface area contributed by atoms with E-state index in [0.29, 0.717) is 11.6 Å². The van der Waals surface area contributed by atoms with Gasteiger partial charge in [0.15, 0.2) is 5.82 Å². The van der Waals surface area contributed by atoms with E-state index in [2.05, 4.69) is 20.0 Å². The van der Waals surface area contributed by atoms with E-state index in [1.807, 2.05) is 19.9 Å². The van der Waals surface area contributed by atoms with Crippen molar-refractivity contribution in [1.82, 2.24) is 20.0 Å². The number of sulfonamides is 1. The number of hydrogen-bond acceptors (Lipinski definition) is 10. The van der Waals surface area contributed by atoms with Gasteiger partial charge in [0.05, 0.1) is 15.5 Å². The number of aryl methyl sites for hydroxylation is 2. The van der Waals surface area contributed by atoms with E-state index in [1.165, 1.54) is 31.2 Å². The number of anilines is 1. The first-order valence-corrected chi connectivity index (χ1v) is 12.0. The molecule has 0 saturated carbocycles. The molecule has 4 aromatic rings. The smallest absolute Gasteiger partial charge is 0.280 e. The lowest BCUT2D eigenvalue weighted by Gasteiger charge is -2.10. The maximum Gasteiger partial charge on any atom is 0.280 e. The molecule has 2 aromatic heterocycles. The molecule has 190 valence electrons. The molecule has 0 amide bonds. The minimum Gasteiger partial charge on any atom is -0.438 e. The molecule has 0 radical (unpaired) electrons. The second-order valence-corrected chi connectivity index (χ2v) is 9.58. The molecular formula is C22H19N7O7S. The van der Waals surface area contributed by atoms with Gasteiger partial charge in [-0.15, -0.1) is 10.2 Å². The highest BCUT2D eigenvalue weighted by Gasteiger charge is 2.28. The molecular weight excluding hydrogens is 506 g/mol. The average Bonchev–Trinajstić information content (AvgIpc) is 3.18. The Balaban J connectivity index is 1.50. The van der Waals surface area contributed by atoms with Crippen molar-refractivity contribution in [3.05, 3.63) is 91.8 Å². The highest BCUT2D eigenvalue weighted by Crippen LogP contribution is 2.32. The fourth-order valence-electron chi connectivity index (χ4n) is 3.46. The second-order valence-electron chi connectivity index (χ2n) is 7.90. The lowest BCUT2D eigenvalue weighted by atomic mass is 10.1. The van der Waals surface area contributed by atoms with Gasteiger partial charge in [0.1, 0.15) is 16.2 Å². The number of hydrogen-bond donors (Lipinski definition) is 1. The summed E-state index contributed by atoms with van der Waals surface area (Å²) < 4.78 is 35.1. The first kappa shape index (κ1) is 25.2. The molecule has 0 spiro atoms. The molecule has 15 heteroatoms. The van der Waals surface area contributed by atoms with Crippen LogP contribution in [-0.2, 0) is 10.0 Å². The SMILES string of the molecule is Cc1cc(C)n(-c2ccc(Oc3ccc(NS(=O)(=O)c4cc([N+](=O)[O-])c(C)c([N+](=O)[O-])c4)cc3)nn2)n1. The summed E-state index contributed by atoms with van der Waals surface area (Å²) in [5.41, 5.74) is 0.236. The molecule has 0 saturated heterocycles. The molecule has 14 nitrogen and oxygen atoms in total. The van der Waals surface area contributed by atoms with Crippen molar-refractivity contribution in [3.8, 4) is 17.4 Å². The number of nitro benzene ring substituents is 2. The van der Waals surface area contributed by atoms with Crippen LogP contribution in [0.4, 0.5) is 17.1 Å². The van der Waals surface area contributed by atoms with Gasteiger partial charge in [0.25, 0.3) is 21.4 Å². The van der Waals surface area contributed by atoms with Gasteiger partial charge in [0, 0.05) is 29.6 Å².